The zero-order valence-electron chi connectivity index (χ0n) is 9.57. The smallest absolute Gasteiger partial charge is 0.423 e. The Morgan fingerprint density at radius 1 is 0.947 bits per heavy atom. The van der Waals surface area contributed by atoms with Gasteiger partial charge in [-0.1, -0.05) is 29.3 Å². The zero-order chi connectivity index (χ0) is 14.4. The molecule has 1 aromatic carbocycles. The summed E-state index contributed by atoms with van der Waals surface area (Å²) in [5, 5.41) is 38.7. The van der Waals surface area contributed by atoms with Crippen LogP contribution in [-0.2, 0) is 0 Å². The molecule has 100 valence electrons. The van der Waals surface area contributed by atoms with Crippen molar-refractivity contribution < 1.29 is 20.1 Å². The van der Waals surface area contributed by atoms with Gasteiger partial charge in [0.05, 0.1) is 0 Å². The SMILES string of the molecule is OB(O)c1cc(Cl)ccc1Cl.OB(O)c1ccsc1. The third kappa shape index (κ3) is 5.54. The number of benzene rings is 1. The summed E-state index contributed by atoms with van der Waals surface area (Å²) >= 11 is 12.6. The lowest BCUT2D eigenvalue weighted by atomic mass is 9.80. The van der Waals surface area contributed by atoms with E-state index < -0.39 is 14.2 Å². The predicted molar refractivity (Wildman–Crippen MR) is 80.4 cm³/mol. The van der Waals surface area contributed by atoms with Crippen LogP contribution in [0.4, 0.5) is 0 Å². The lowest BCUT2D eigenvalue weighted by Gasteiger charge is -2.01. The molecule has 0 aliphatic carbocycles. The fourth-order valence-electron chi connectivity index (χ4n) is 1.13. The van der Waals surface area contributed by atoms with Gasteiger partial charge < -0.3 is 20.1 Å². The van der Waals surface area contributed by atoms with Crippen molar-refractivity contribution in [3.8, 4) is 0 Å². The summed E-state index contributed by atoms with van der Waals surface area (Å²) in [5.41, 5.74) is 0.786. The van der Waals surface area contributed by atoms with Crippen molar-refractivity contribution in [2.75, 3.05) is 0 Å². The molecule has 9 heteroatoms. The molecular weight excluding hydrogens is 309 g/mol. The number of halogens is 2. The van der Waals surface area contributed by atoms with E-state index in [1.807, 2.05) is 0 Å². The third-order valence-corrected chi connectivity index (χ3v) is 3.36. The van der Waals surface area contributed by atoms with Crippen LogP contribution in [0.5, 0.6) is 0 Å². The van der Waals surface area contributed by atoms with E-state index in [4.69, 9.17) is 43.3 Å². The molecule has 0 atom stereocenters. The van der Waals surface area contributed by atoms with Gasteiger partial charge in [0.1, 0.15) is 0 Å². The molecule has 0 aliphatic heterocycles. The molecule has 2 aromatic rings. The predicted octanol–water partition coefficient (Wildman–Crippen LogP) is 0.101. The first-order valence-electron chi connectivity index (χ1n) is 5.11. The molecule has 0 bridgehead atoms. The average molecular weight is 319 g/mol. The van der Waals surface area contributed by atoms with Crippen molar-refractivity contribution in [3.63, 3.8) is 0 Å². The van der Waals surface area contributed by atoms with Crippen LogP contribution in [0.3, 0.4) is 0 Å². The van der Waals surface area contributed by atoms with Crippen LogP contribution >= 0.6 is 34.5 Å². The van der Waals surface area contributed by atoms with E-state index in [1.165, 1.54) is 23.5 Å². The molecule has 4 N–H and O–H groups in total. The van der Waals surface area contributed by atoms with Gasteiger partial charge in [0, 0.05) is 15.5 Å². The first-order valence-corrected chi connectivity index (χ1v) is 6.81. The minimum absolute atomic E-state index is 0.221. The molecule has 4 nitrogen and oxygen atoms in total. The van der Waals surface area contributed by atoms with Gasteiger partial charge in [-0.05, 0) is 34.4 Å². The Hall–Kier alpha value is -0.530. The second kappa shape index (κ2) is 7.91. The van der Waals surface area contributed by atoms with Gasteiger partial charge in [-0.25, -0.2) is 0 Å². The summed E-state index contributed by atoms with van der Waals surface area (Å²) in [6.45, 7) is 0. The Labute approximate surface area is 125 Å². The molecule has 0 amide bonds. The van der Waals surface area contributed by atoms with E-state index in [0.29, 0.717) is 15.5 Å². The first kappa shape index (κ1) is 16.5. The molecule has 0 radical (unpaired) electrons. The van der Waals surface area contributed by atoms with Gasteiger partial charge in [-0.2, -0.15) is 11.3 Å². The van der Waals surface area contributed by atoms with Gasteiger partial charge in [0.2, 0.25) is 0 Å². The number of hydrogen-bond acceptors (Lipinski definition) is 5. The number of hydrogen-bond donors (Lipinski definition) is 4. The molecule has 0 unspecified atom stereocenters. The lowest BCUT2D eigenvalue weighted by molar-refractivity contribution is 0.424. The van der Waals surface area contributed by atoms with Crippen molar-refractivity contribution >= 4 is 59.7 Å². The maximum atomic E-state index is 8.74. The summed E-state index contributed by atoms with van der Waals surface area (Å²) in [4.78, 5) is 0. The van der Waals surface area contributed by atoms with E-state index in [2.05, 4.69) is 0 Å². The van der Waals surface area contributed by atoms with Crippen molar-refractivity contribution in [1.29, 1.82) is 0 Å². The summed E-state index contributed by atoms with van der Waals surface area (Å²) in [5.74, 6) is 0. The Bertz CT molecular complexity index is 508. The molecule has 2 rings (SSSR count). The molecule has 0 saturated heterocycles. The largest absolute Gasteiger partial charge is 0.490 e. The Morgan fingerprint density at radius 3 is 2.00 bits per heavy atom. The summed E-state index contributed by atoms with van der Waals surface area (Å²) in [6, 6.07) is 6.18. The summed E-state index contributed by atoms with van der Waals surface area (Å²) in [7, 11) is -2.87. The normalized spacial score (nSPS) is 9.58. The molecule has 0 aliphatic rings. The Kier molecular flexibility index (Phi) is 6.88. The molecule has 19 heavy (non-hydrogen) atoms. The highest BCUT2D eigenvalue weighted by Gasteiger charge is 2.14. The van der Waals surface area contributed by atoms with E-state index in [-0.39, 0.29) is 5.46 Å². The standard InChI is InChI=1S/C6H5BCl2O2.C4H5BO2S/c8-4-1-2-6(9)5(3-4)7(10)11;6-5(7)4-1-2-8-3-4/h1-3,10-11H;1-3,6-7H. The van der Waals surface area contributed by atoms with Crippen LogP contribution < -0.4 is 10.9 Å². The van der Waals surface area contributed by atoms with E-state index in [1.54, 1.807) is 22.9 Å². The van der Waals surface area contributed by atoms with Crippen LogP contribution in [-0.4, -0.2) is 34.3 Å². The van der Waals surface area contributed by atoms with Gasteiger partial charge >= 0.3 is 14.2 Å². The third-order valence-electron chi connectivity index (χ3n) is 2.08. The first-order chi connectivity index (χ1) is 8.91. The molecule has 0 fully saturated rings. The van der Waals surface area contributed by atoms with E-state index in [9.17, 15) is 0 Å². The highest BCUT2D eigenvalue weighted by atomic mass is 35.5. The van der Waals surface area contributed by atoms with Crippen molar-refractivity contribution in [2.45, 2.75) is 0 Å². The van der Waals surface area contributed by atoms with Gasteiger partial charge in [0.15, 0.2) is 0 Å². The molecule has 0 saturated carbocycles. The van der Waals surface area contributed by atoms with Gasteiger partial charge in [0.25, 0.3) is 0 Å². The molecule has 0 spiro atoms. The lowest BCUT2D eigenvalue weighted by Crippen LogP contribution is -2.30. The molecular formula is C10H10B2Cl2O4S. The molecule has 1 heterocycles. The van der Waals surface area contributed by atoms with Crippen LogP contribution in [0, 0.1) is 0 Å². The van der Waals surface area contributed by atoms with Crippen molar-refractivity contribution in [1.82, 2.24) is 0 Å². The van der Waals surface area contributed by atoms with Crippen molar-refractivity contribution in [3.05, 3.63) is 45.1 Å². The quantitative estimate of drug-likeness (QED) is 0.592. The maximum absolute atomic E-state index is 8.74. The van der Waals surface area contributed by atoms with Crippen LogP contribution in [0.1, 0.15) is 0 Å². The van der Waals surface area contributed by atoms with Crippen LogP contribution in [0.25, 0.3) is 0 Å². The zero-order valence-corrected chi connectivity index (χ0v) is 11.9. The Balaban J connectivity index is 0.000000200. The second-order valence-corrected chi connectivity index (χ2v) is 5.09. The van der Waals surface area contributed by atoms with Crippen molar-refractivity contribution in [2.24, 2.45) is 0 Å². The fourth-order valence-corrected chi connectivity index (χ4v) is 2.20. The maximum Gasteiger partial charge on any atom is 0.490 e. The minimum Gasteiger partial charge on any atom is -0.423 e. The highest BCUT2D eigenvalue weighted by molar-refractivity contribution is 7.09. The topological polar surface area (TPSA) is 80.9 Å². The van der Waals surface area contributed by atoms with E-state index in [0.717, 1.165) is 0 Å². The second-order valence-electron chi connectivity index (χ2n) is 3.47. The monoisotopic (exact) mass is 318 g/mol. The fraction of sp³-hybridized carbons (Fsp3) is 0. The highest BCUT2D eigenvalue weighted by Crippen LogP contribution is 2.11. The summed E-state index contributed by atoms with van der Waals surface area (Å²) in [6.07, 6.45) is 0. The average Bonchev–Trinajstić information content (AvgIpc) is 2.86. The summed E-state index contributed by atoms with van der Waals surface area (Å²) < 4.78 is 0. The van der Waals surface area contributed by atoms with Gasteiger partial charge in [-0.15, -0.1) is 0 Å². The molecule has 1 aromatic heterocycles. The number of rotatable bonds is 2. The number of thiophene rings is 1. The minimum atomic E-state index is -1.57. The van der Waals surface area contributed by atoms with E-state index >= 15 is 0 Å². The van der Waals surface area contributed by atoms with Crippen LogP contribution in [0.2, 0.25) is 10.0 Å². The van der Waals surface area contributed by atoms with Crippen LogP contribution in [0.15, 0.2) is 35.0 Å². The van der Waals surface area contributed by atoms with Gasteiger partial charge in [-0.3, -0.25) is 0 Å². The Morgan fingerprint density at radius 2 is 1.63 bits per heavy atom.